The molecule has 3 aromatic rings. The van der Waals surface area contributed by atoms with Gasteiger partial charge in [-0.15, -0.1) is 0 Å². The summed E-state index contributed by atoms with van der Waals surface area (Å²) in [5.74, 6) is 0.950. The molecular formula is C14H17N5. The first kappa shape index (κ1) is 11.9. The van der Waals surface area contributed by atoms with Gasteiger partial charge in [-0.1, -0.05) is 6.07 Å². The van der Waals surface area contributed by atoms with Crippen molar-refractivity contribution in [3.05, 3.63) is 54.0 Å². The Bertz CT molecular complexity index is 668. The highest BCUT2D eigenvalue weighted by atomic mass is 15.1. The maximum Gasteiger partial charge on any atom is 0.137 e. The minimum atomic E-state index is 0.184. The molecule has 19 heavy (non-hydrogen) atoms. The lowest BCUT2D eigenvalue weighted by atomic mass is 10.3. The largest absolute Gasteiger partial charge is 0.347 e. The molecule has 0 saturated carbocycles. The van der Waals surface area contributed by atoms with Crippen LogP contribution in [-0.4, -0.2) is 19.4 Å². The van der Waals surface area contributed by atoms with E-state index in [1.165, 1.54) is 5.69 Å². The van der Waals surface area contributed by atoms with Gasteiger partial charge in [-0.25, -0.2) is 9.97 Å². The summed E-state index contributed by atoms with van der Waals surface area (Å²) in [4.78, 5) is 11.9. The van der Waals surface area contributed by atoms with E-state index in [4.69, 9.17) is 0 Å². The summed E-state index contributed by atoms with van der Waals surface area (Å²) in [7, 11) is 0. The summed E-state index contributed by atoms with van der Waals surface area (Å²) in [5, 5.41) is 3.47. The first-order chi connectivity index (χ1) is 9.25. The van der Waals surface area contributed by atoms with E-state index < -0.39 is 0 Å². The lowest BCUT2D eigenvalue weighted by Gasteiger charge is -2.11. The Morgan fingerprint density at radius 2 is 2.32 bits per heavy atom. The third-order valence-electron chi connectivity index (χ3n) is 3.33. The van der Waals surface area contributed by atoms with Crippen LogP contribution in [-0.2, 0) is 6.54 Å². The second-order valence-corrected chi connectivity index (χ2v) is 4.65. The van der Waals surface area contributed by atoms with Crippen molar-refractivity contribution >= 4 is 5.65 Å². The molecule has 3 rings (SSSR count). The van der Waals surface area contributed by atoms with E-state index in [1.807, 2.05) is 37.5 Å². The van der Waals surface area contributed by atoms with Crippen LogP contribution in [0.1, 0.15) is 30.2 Å². The zero-order chi connectivity index (χ0) is 13.2. The third kappa shape index (κ3) is 2.24. The van der Waals surface area contributed by atoms with Crippen LogP contribution in [0.25, 0.3) is 5.65 Å². The van der Waals surface area contributed by atoms with Crippen molar-refractivity contribution in [2.75, 3.05) is 0 Å². The molecule has 1 atom stereocenters. The molecule has 0 aliphatic heterocycles. The highest BCUT2D eigenvalue weighted by Gasteiger charge is 2.11. The van der Waals surface area contributed by atoms with Crippen LogP contribution in [0.3, 0.4) is 0 Å². The van der Waals surface area contributed by atoms with E-state index in [0.29, 0.717) is 0 Å². The van der Waals surface area contributed by atoms with Crippen molar-refractivity contribution < 1.29 is 0 Å². The smallest absolute Gasteiger partial charge is 0.137 e. The van der Waals surface area contributed by atoms with Crippen molar-refractivity contribution in [3.8, 4) is 0 Å². The Morgan fingerprint density at radius 1 is 1.42 bits per heavy atom. The minimum absolute atomic E-state index is 0.184. The SMILES string of the molecule is Cc1nc2ccccn2c1CNC(C)c1ncc[nH]1. The van der Waals surface area contributed by atoms with Gasteiger partial charge in [-0.2, -0.15) is 0 Å². The highest BCUT2D eigenvalue weighted by molar-refractivity contribution is 5.42. The molecule has 0 bridgehead atoms. The van der Waals surface area contributed by atoms with E-state index in [0.717, 1.165) is 23.7 Å². The van der Waals surface area contributed by atoms with Crippen LogP contribution in [0.5, 0.6) is 0 Å². The Kier molecular flexibility index (Phi) is 3.05. The number of rotatable bonds is 4. The zero-order valence-electron chi connectivity index (χ0n) is 11.1. The molecule has 0 aliphatic rings. The Hall–Kier alpha value is -2.14. The number of nitrogens with one attached hydrogen (secondary N) is 2. The minimum Gasteiger partial charge on any atom is -0.347 e. The lowest BCUT2D eigenvalue weighted by Crippen LogP contribution is -2.20. The maximum absolute atomic E-state index is 4.55. The van der Waals surface area contributed by atoms with Gasteiger partial charge in [0.25, 0.3) is 0 Å². The number of pyridine rings is 1. The van der Waals surface area contributed by atoms with Crippen LogP contribution in [0, 0.1) is 6.92 Å². The number of aromatic amines is 1. The Labute approximate surface area is 111 Å². The van der Waals surface area contributed by atoms with E-state index in [9.17, 15) is 0 Å². The van der Waals surface area contributed by atoms with Crippen molar-refractivity contribution in [2.24, 2.45) is 0 Å². The van der Waals surface area contributed by atoms with Gasteiger partial charge in [0.1, 0.15) is 11.5 Å². The number of imidazole rings is 2. The molecule has 0 amide bonds. The number of hydrogen-bond donors (Lipinski definition) is 2. The number of H-pyrrole nitrogens is 1. The van der Waals surface area contributed by atoms with Gasteiger partial charge in [-0.3, -0.25) is 0 Å². The van der Waals surface area contributed by atoms with Gasteiger partial charge in [0.2, 0.25) is 0 Å². The van der Waals surface area contributed by atoms with E-state index in [-0.39, 0.29) is 6.04 Å². The summed E-state index contributed by atoms with van der Waals surface area (Å²) < 4.78 is 2.12. The molecule has 0 aliphatic carbocycles. The number of fused-ring (bicyclic) bond motifs is 1. The van der Waals surface area contributed by atoms with E-state index in [2.05, 4.69) is 31.6 Å². The molecule has 98 valence electrons. The number of nitrogens with zero attached hydrogens (tertiary/aromatic N) is 3. The highest BCUT2D eigenvalue weighted by Crippen LogP contribution is 2.13. The number of hydrogen-bond acceptors (Lipinski definition) is 3. The predicted molar refractivity (Wildman–Crippen MR) is 73.8 cm³/mol. The van der Waals surface area contributed by atoms with Crippen molar-refractivity contribution in [1.29, 1.82) is 0 Å². The molecule has 2 N–H and O–H groups in total. The molecule has 5 heteroatoms. The van der Waals surface area contributed by atoms with Crippen molar-refractivity contribution in [2.45, 2.75) is 26.4 Å². The van der Waals surface area contributed by atoms with Crippen LogP contribution < -0.4 is 5.32 Å². The third-order valence-corrected chi connectivity index (χ3v) is 3.33. The summed E-state index contributed by atoms with van der Waals surface area (Å²) >= 11 is 0. The fourth-order valence-corrected chi connectivity index (χ4v) is 2.24. The van der Waals surface area contributed by atoms with Gasteiger partial charge in [0.15, 0.2) is 0 Å². The molecule has 0 spiro atoms. The fourth-order valence-electron chi connectivity index (χ4n) is 2.24. The fraction of sp³-hybridized carbons (Fsp3) is 0.286. The standard InChI is InChI=1S/C14H17N5/c1-10-12(19-8-4-3-5-13(19)18-10)9-17-11(2)14-15-6-7-16-14/h3-8,11,17H,9H2,1-2H3,(H,15,16). The summed E-state index contributed by atoms with van der Waals surface area (Å²) in [6, 6.07) is 6.23. The first-order valence-corrected chi connectivity index (χ1v) is 6.41. The topological polar surface area (TPSA) is 58.0 Å². The summed E-state index contributed by atoms with van der Waals surface area (Å²) in [6.07, 6.45) is 5.66. The quantitative estimate of drug-likeness (QED) is 0.751. The molecule has 1 unspecified atom stereocenters. The molecule has 0 saturated heterocycles. The molecule has 0 radical (unpaired) electrons. The van der Waals surface area contributed by atoms with Crippen LogP contribution in [0.2, 0.25) is 0 Å². The second kappa shape index (κ2) is 4.85. The van der Waals surface area contributed by atoms with Crippen molar-refractivity contribution in [1.82, 2.24) is 24.7 Å². The van der Waals surface area contributed by atoms with E-state index in [1.54, 1.807) is 6.20 Å². The van der Waals surface area contributed by atoms with Crippen LogP contribution in [0.15, 0.2) is 36.8 Å². The average molecular weight is 255 g/mol. The van der Waals surface area contributed by atoms with Gasteiger partial charge < -0.3 is 14.7 Å². The normalized spacial score (nSPS) is 12.9. The van der Waals surface area contributed by atoms with E-state index >= 15 is 0 Å². The van der Waals surface area contributed by atoms with Gasteiger partial charge >= 0.3 is 0 Å². The lowest BCUT2D eigenvalue weighted by molar-refractivity contribution is 0.542. The predicted octanol–water partition coefficient (Wildman–Crippen LogP) is 2.22. The summed E-state index contributed by atoms with van der Waals surface area (Å²) in [6.45, 7) is 4.90. The molecule has 0 aromatic carbocycles. The van der Waals surface area contributed by atoms with Crippen LogP contribution >= 0.6 is 0 Å². The molecule has 5 nitrogen and oxygen atoms in total. The van der Waals surface area contributed by atoms with Gasteiger partial charge in [-0.05, 0) is 26.0 Å². The molecule has 0 fully saturated rings. The molecule has 3 heterocycles. The van der Waals surface area contributed by atoms with Gasteiger partial charge in [0, 0.05) is 25.1 Å². The zero-order valence-corrected chi connectivity index (χ0v) is 11.1. The molecule has 3 aromatic heterocycles. The Morgan fingerprint density at radius 3 is 3.11 bits per heavy atom. The monoisotopic (exact) mass is 255 g/mol. The number of aromatic nitrogens is 4. The first-order valence-electron chi connectivity index (χ1n) is 6.41. The molecular weight excluding hydrogens is 238 g/mol. The maximum atomic E-state index is 4.55. The van der Waals surface area contributed by atoms with Gasteiger partial charge in [0.05, 0.1) is 17.4 Å². The number of aryl methyl sites for hydroxylation is 1. The van der Waals surface area contributed by atoms with Crippen molar-refractivity contribution in [3.63, 3.8) is 0 Å². The average Bonchev–Trinajstić information content (AvgIpc) is 3.03. The Balaban J connectivity index is 1.80. The van der Waals surface area contributed by atoms with Crippen LogP contribution in [0.4, 0.5) is 0 Å². The second-order valence-electron chi connectivity index (χ2n) is 4.65. The summed E-state index contributed by atoms with van der Waals surface area (Å²) in [5.41, 5.74) is 3.24.